The molecule has 3 aromatic rings. The van der Waals surface area contributed by atoms with Gasteiger partial charge >= 0.3 is 12.3 Å². The van der Waals surface area contributed by atoms with Crippen LogP contribution in [0.1, 0.15) is 31.0 Å². The van der Waals surface area contributed by atoms with Crippen molar-refractivity contribution in [2.45, 2.75) is 41.5 Å². The minimum atomic E-state index is -4.90. The topological polar surface area (TPSA) is 72.5 Å². The van der Waals surface area contributed by atoms with Gasteiger partial charge in [0.05, 0.1) is 15.8 Å². The fourth-order valence-electron chi connectivity index (χ4n) is 3.16. The predicted octanol–water partition coefficient (Wildman–Crippen LogP) is 6.34. The molecule has 1 N–H and O–H groups in total. The third kappa shape index (κ3) is 6.30. The molecular formula is C26H24F3NO4S. The largest absolute Gasteiger partial charge is 0.431 e. The number of benzene rings is 3. The molecule has 0 saturated heterocycles. The number of nitrogens with one attached hydrogen (secondary N) is 1. The minimum Gasteiger partial charge on any atom is -0.429 e. The molecule has 9 heteroatoms. The molecule has 1 amide bonds. The van der Waals surface area contributed by atoms with Gasteiger partial charge in [0, 0.05) is 0 Å². The molecule has 35 heavy (non-hydrogen) atoms. The van der Waals surface area contributed by atoms with Crippen molar-refractivity contribution < 1.29 is 31.1 Å². The highest BCUT2D eigenvalue weighted by Crippen LogP contribution is 2.35. The lowest BCUT2D eigenvalue weighted by atomic mass is 10.0. The lowest BCUT2D eigenvalue weighted by molar-refractivity contribution is -0.231. The molecule has 0 heterocycles. The van der Waals surface area contributed by atoms with Crippen LogP contribution in [-0.2, 0) is 14.6 Å². The van der Waals surface area contributed by atoms with Crippen molar-refractivity contribution in [3.63, 3.8) is 0 Å². The zero-order chi connectivity index (χ0) is 25.7. The first-order valence-electron chi connectivity index (χ1n) is 10.6. The van der Waals surface area contributed by atoms with Crippen molar-refractivity contribution in [3.05, 3.63) is 102 Å². The van der Waals surface area contributed by atoms with Crippen molar-refractivity contribution >= 4 is 22.0 Å². The van der Waals surface area contributed by atoms with Crippen LogP contribution in [0.25, 0.3) is 6.08 Å². The van der Waals surface area contributed by atoms with Crippen molar-refractivity contribution in [2.24, 2.45) is 0 Å². The summed E-state index contributed by atoms with van der Waals surface area (Å²) >= 11 is 0. The van der Waals surface area contributed by atoms with E-state index in [1.165, 1.54) is 36.4 Å². The summed E-state index contributed by atoms with van der Waals surface area (Å²) in [5, 5.41) is 2.40. The lowest BCUT2D eigenvalue weighted by Gasteiger charge is -2.29. The van der Waals surface area contributed by atoms with Crippen LogP contribution < -0.4 is 5.32 Å². The summed E-state index contributed by atoms with van der Waals surface area (Å²) in [6.07, 6.45) is -4.27. The molecule has 0 aromatic heterocycles. The van der Waals surface area contributed by atoms with Gasteiger partial charge in [0.1, 0.15) is 0 Å². The van der Waals surface area contributed by atoms with Crippen LogP contribution in [0, 0.1) is 0 Å². The zero-order valence-electron chi connectivity index (χ0n) is 19.0. The van der Waals surface area contributed by atoms with E-state index in [0.29, 0.717) is 11.1 Å². The number of hydrogen-bond donors (Lipinski definition) is 1. The summed E-state index contributed by atoms with van der Waals surface area (Å²) < 4.78 is 71.5. The summed E-state index contributed by atoms with van der Waals surface area (Å²) in [6, 6.07) is 21.3. The van der Waals surface area contributed by atoms with Gasteiger partial charge in [0.25, 0.3) is 0 Å². The molecule has 0 fully saturated rings. The predicted molar refractivity (Wildman–Crippen MR) is 126 cm³/mol. The Morgan fingerprint density at radius 1 is 0.886 bits per heavy atom. The molecule has 0 aliphatic rings. The Kier molecular flexibility index (Phi) is 7.70. The van der Waals surface area contributed by atoms with Crippen LogP contribution in [-0.4, -0.2) is 26.3 Å². The Hall–Kier alpha value is -3.59. The van der Waals surface area contributed by atoms with Gasteiger partial charge in [-0.15, -0.1) is 0 Å². The third-order valence-corrected chi connectivity index (χ3v) is 7.12. The van der Waals surface area contributed by atoms with E-state index in [-0.39, 0.29) is 9.79 Å². The molecule has 3 aromatic carbocycles. The number of alkyl carbamates (subject to hydrolysis) is 1. The Bertz CT molecular complexity index is 1280. The molecule has 2 atom stereocenters. The number of sulfone groups is 1. The Labute approximate surface area is 202 Å². The van der Waals surface area contributed by atoms with Gasteiger partial charge < -0.3 is 10.1 Å². The van der Waals surface area contributed by atoms with E-state index in [4.69, 9.17) is 4.74 Å². The molecule has 0 aliphatic heterocycles. The molecule has 0 aliphatic carbocycles. The van der Waals surface area contributed by atoms with E-state index >= 15 is 0 Å². The van der Waals surface area contributed by atoms with E-state index in [9.17, 15) is 26.4 Å². The average Bonchev–Trinajstić information content (AvgIpc) is 2.83. The maximum Gasteiger partial charge on any atom is 0.431 e. The van der Waals surface area contributed by atoms with Crippen LogP contribution in [0.5, 0.6) is 0 Å². The number of carbonyl (C=O) groups is 1. The third-order valence-electron chi connectivity index (χ3n) is 5.34. The minimum absolute atomic E-state index is 0.00459. The fraction of sp³-hybridized carbons (Fsp3) is 0.192. The van der Waals surface area contributed by atoms with Crippen LogP contribution in [0.2, 0.25) is 0 Å². The van der Waals surface area contributed by atoms with Gasteiger partial charge in [-0.25, -0.2) is 13.2 Å². The van der Waals surface area contributed by atoms with Gasteiger partial charge in [0.2, 0.25) is 15.4 Å². The maximum absolute atomic E-state index is 13.8. The monoisotopic (exact) mass is 503 g/mol. The van der Waals surface area contributed by atoms with E-state index in [1.807, 2.05) is 0 Å². The first-order chi connectivity index (χ1) is 16.4. The molecule has 0 radical (unpaired) electrons. The standard InChI is InChI=1S/C26H24F3NO4S/c1-19(21-9-5-3-6-10-21)30-24(31)34-25(2,26(27,28)29)18-17-20-13-15-23(16-14-20)35(32,33)22-11-7-4-8-12-22/h3-19H,1-2H3,(H,30,31)/t19-,25-/m0/s1. The molecule has 0 spiro atoms. The van der Waals surface area contributed by atoms with Gasteiger partial charge in [0.15, 0.2) is 0 Å². The Balaban J connectivity index is 1.76. The Morgan fingerprint density at radius 3 is 1.94 bits per heavy atom. The van der Waals surface area contributed by atoms with Crippen molar-refractivity contribution in [1.29, 1.82) is 0 Å². The van der Waals surface area contributed by atoms with E-state index in [0.717, 1.165) is 19.1 Å². The quantitative estimate of drug-likeness (QED) is 0.408. The van der Waals surface area contributed by atoms with Crippen LogP contribution >= 0.6 is 0 Å². The van der Waals surface area contributed by atoms with Crippen LogP contribution in [0.15, 0.2) is 101 Å². The van der Waals surface area contributed by atoms with Gasteiger partial charge in [-0.1, -0.05) is 66.7 Å². The molecule has 0 bridgehead atoms. The second-order valence-corrected chi connectivity index (χ2v) is 9.94. The average molecular weight is 504 g/mol. The number of alkyl halides is 3. The summed E-state index contributed by atoms with van der Waals surface area (Å²) in [5.41, 5.74) is -1.91. The van der Waals surface area contributed by atoms with Gasteiger partial charge in [-0.3, -0.25) is 0 Å². The number of hydrogen-bond acceptors (Lipinski definition) is 4. The highest BCUT2D eigenvalue weighted by Gasteiger charge is 2.53. The number of amides is 1. The molecule has 3 rings (SSSR count). The summed E-state index contributed by atoms with van der Waals surface area (Å²) in [6.45, 7) is 2.37. The second kappa shape index (κ2) is 10.4. The number of halogens is 3. The van der Waals surface area contributed by atoms with Crippen molar-refractivity contribution in [2.75, 3.05) is 0 Å². The van der Waals surface area contributed by atoms with Gasteiger partial charge in [-0.2, -0.15) is 13.2 Å². The molecular weight excluding hydrogens is 479 g/mol. The van der Waals surface area contributed by atoms with E-state index < -0.39 is 33.7 Å². The van der Waals surface area contributed by atoms with Crippen LogP contribution in [0.4, 0.5) is 18.0 Å². The zero-order valence-corrected chi connectivity index (χ0v) is 19.8. The summed E-state index contributed by atoms with van der Waals surface area (Å²) in [7, 11) is -3.75. The molecule has 0 saturated carbocycles. The lowest BCUT2D eigenvalue weighted by Crippen LogP contribution is -2.47. The highest BCUT2D eigenvalue weighted by atomic mass is 32.2. The number of carbonyl (C=O) groups excluding carboxylic acids is 1. The van der Waals surface area contributed by atoms with E-state index in [1.54, 1.807) is 55.5 Å². The smallest absolute Gasteiger partial charge is 0.429 e. The number of rotatable bonds is 7. The fourth-order valence-corrected chi connectivity index (χ4v) is 4.44. The Morgan fingerprint density at radius 2 is 1.40 bits per heavy atom. The van der Waals surface area contributed by atoms with Crippen molar-refractivity contribution in [1.82, 2.24) is 5.32 Å². The van der Waals surface area contributed by atoms with Crippen LogP contribution in [0.3, 0.4) is 0 Å². The first-order valence-corrected chi connectivity index (χ1v) is 12.1. The normalized spacial score (nSPS) is 14.8. The van der Waals surface area contributed by atoms with E-state index in [2.05, 4.69) is 5.32 Å². The molecule has 5 nitrogen and oxygen atoms in total. The second-order valence-electron chi connectivity index (χ2n) is 7.99. The molecule has 0 unspecified atom stereocenters. The van der Waals surface area contributed by atoms with Gasteiger partial charge in [-0.05, 0) is 55.3 Å². The SMILES string of the molecule is C[C@H](NC(=O)O[C@@](C)(C=Cc1ccc(S(=O)(=O)c2ccccc2)cc1)C(F)(F)F)c1ccccc1. The summed E-state index contributed by atoms with van der Waals surface area (Å²) in [4.78, 5) is 12.4. The summed E-state index contributed by atoms with van der Waals surface area (Å²) in [5.74, 6) is 0. The van der Waals surface area contributed by atoms with Crippen molar-refractivity contribution in [3.8, 4) is 0 Å². The maximum atomic E-state index is 13.8. The molecule has 184 valence electrons. The highest BCUT2D eigenvalue weighted by molar-refractivity contribution is 7.91. The number of ether oxygens (including phenoxy) is 1. The first kappa shape index (κ1) is 26.0.